The van der Waals surface area contributed by atoms with E-state index in [1.54, 1.807) is 0 Å². The van der Waals surface area contributed by atoms with Crippen molar-refractivity contribution in [1.29, 1.82) is 0 Å². The van der Waals surface area contributed by atoms with Gasteiger partial charge in [0.2, 0.25) is 0 Å². The van der Waals surface area contributed by atoms with E-state index in [0.717, 1.165) is 25.5 Å². The summed E-state index contributed by atoms with van der Waals surface area (Å²) in [7, 11) is -2.24. The molecular weight excluding hydrogens is 249 g/mol. The number of benzene rings is 1. The maximum Gasteiger partial charge on any atom is 0.340 e. The van der Waals surface area contributed by atoms with E-state index in [1.165, 1.54) is 0 Å². The van der Waals surface area contributed by atoms with Crippen molar-refractivity contribution in [3.63, 3.8) is 0 Å². The van der Waals surface area contributed by atoms with Gasteiger partial charge >= 0.3 is 5.97 Å². The number of ether oxygens (including phenoxy) is 1. The molecule has 0 heterocycles. The fraction of sp³-hybridized carbons (Fsp3) is 0.300. The van der Waals surface area contributed by atoms with E-state index in [-0.39, 0.29) is 16.8 Å². The van der Waals surface area contributed by atoms with E-state index in [9.17, 15) is 17.6 Å². The van der Waals surface area contributed by atoms with Crippen molar-refractivity contribution < 1.29 is 22.3 Å². The lowest BCUT2D eigenvalue weighted by molar-refractivity contribution is 0.0601. The molecule has 0 spiro atoms. The minimum absolute atomic E-state index is 0.0490. The number of carbonyl (C=O) groups is 1. The summed E-state index contributed by atoms with van der Waals surface area (Å²) in [6.07, 6.45) is 0.995. The monoisotopic (exact) mass is 261 g/mol. The first-order chi connectivity index (χ1) is 7.74. The number of rotatable bonds is 3. The molecular formula is C10H12FNO4S. The van der Waals surface area contributed by atoms with Crippen LogP contribution in [0.4, 0.5) is 10.1 Å². The summed E-state index contributed by atoms with van der Waals surface area (Å²) in [6, 6.07) is 1.90. The largest absolute Gasteiger partial charge is 0.465 e. The lowest BCUT2D eigenvalue weighted by Gasteiger charge is -2.09. The number of anilines is 1. The van der Waals surface area contributed by atoms with Gasteiger partial charge in [-0.1, -0.05) is 0 Å². The standard InChI is InChI=1S/C10H12FNO4S/c1-16-10(13)8-4-7(11)3-6(9(8)12)5-17(2,14)15/h3-4H,5,12H2,1-2H3. The van der Waals surface area contributed by atoms with Crippen LogP contribution in [-0.2, 0) is 20.3 Å². The number of methoxy groups -OCH3 is 1. The third-order valence-corrected chi connectivity index (χ3v) is 2.89. The molecule has 17 heavy (non-hydrogen) atoms. The number of sulfone groups is 1. The first kappa shape index (κ1) is 13.4. The molecule has 0 atom stereocenters. The zero-order chi connectivity index (χ0) is 13.2. The van der Waals surface area contributed by atoms with Gasteiger partial charge in [0.25, 0.3) is 0 Å². The van der Waals surface area contributed by atoms with E-state index >= 15 is 0 Å². The van der Waals surface area contributed by atoms with E-state index in [1.807, 2.05) is 0 Å². The van der Waals surface area contributed by atoms with Crippen LogP contribution in [0.5, 0.6) is 0 Å². The highest BCUT2D eigenvalue weighted by atomic mass is 32.2. The average molecular weight is 261 g/mol. The number of esters is 1. The van der Waals surface area contributed by atoms with Crippen LogP contribution < -0.4 is 5.73 Å². The van der Waals surface area contributed by atoms with Crippen molar-refractivity contribution in [3.8, 4) is 0 Å². The van der Waals surface area contributed by atoms with Gasteiger partial charge in [-0.25, -0.2) is 17.6 Å². The Kier molecular flexibility index (Phi) is 3.72. The van der Waals surface area contributed by atoms with Gasteiger partial charge < -0.3 is 10.5 Å². The molecule has 0 aliphatic carbocycles. The predicted octanol–water partition coefficient (Wildman–Crippen LogP) is 0.739. The maximum absolute atomic E-state index is 13.2. The SMILES string of the molecule is COC(=O)c1cc(F)cc(CS(C)(=O)=O)c1N. The van der Waals surface area contributed by atoms with Gasteiger partial charge in [-0.3, -0.25) is 0 Å². The molecule has 94 valence electrons. The summed E-state index contributed by atoms with van der Waals surface area (Å²) < 4.78 is 39.9. The van der Waals surface area contributed by atoms with Crippen LogP contribution in [0, 0.1) is 5.82 Å². The highest BCUT2D eigenvalue weighted by Gasteiger charge is 2.17. The Hall–Kier alpha value is -1.63. The van der Waals surface area contributed by atoms with E-state index in [4.69, 9.17) is 5.73 Å². The summed E-state index contributed by atoms with van der Waals surface area (Å²) in [6.45, 7) is 0. The Morgan fingerprint density at radius 2 is 2.06 bits per heavy atom. The summed E-state index contributed by atoms with van der Waals surface area (Å²) in [5, 5.41) is 0. The molecule has 0 fully saturated rings. The van der Waals surface area contributed by atoms with Crippen molar-refractivity contribution in [3.05, 3.63) is 29.1 Å². The second-order valence-electron chi connectivity index (χ2n) is 3.59. The highest BCUT2D eigenvalue weighted by Crippen LogP contribution is 2.22. The van der Waals surface area contributed by atoms with Gasteiger partial charge in [-0.15, -0.1) is 0 Å². The van der Waals surface area contributed by atoms with Crippen molar-refractivity contribution in [2.24, 2.45) is 0 Å². The number of nitrogen functional groups attached to an aromatic ring is 1. The highest BCUT2D eigenvalue weighted by molar-refractivity contribution is 7.89. The molecule has 0 saturated carbocycles. The molecule has 7 heteroatoms. The average Bonchev–Trinajstić information content (AvgIpc) is 2.19. The summed E-state index contributed by atoms with van der Waals surface area (Å²) in [4.78, 5) is 11.3. The molecule has 1 aromatic carbocycles. The van der Waals surface area contributed by atoms with Crippen LogP contribution in [0.15, 0.2) is 12.1 Å². The molecule has 5 nitrogen and oxygen atoms in total. The van der Waals surface area contributed by atoms with Gasteiger partial charge in [0.15, 0.2) is 9.84 Å². The van der Waals surface area contributed by atoms with Crippen LogP contribution in [0.1, 0.15) is 15.9 Å². The van der Waals surface area contributed by atoms with Gasteiger partial charge in [0, 0.05) is 6.26 Å². The minimum atomic E-state index is -3.36. The molecule has 0 aromatic heterocycles. The normalized spacial score (nSPS) is 11.2. The third-order valence-electron chi connectivity index (χ3n) is 2.05. The lowest BCUT2D eigenvalue weighted by atomic mass is 10.1. The molecule has 0 amide bonds. The van der Waals surface area contributed by atoms with Crippen molar-refractivity contribution >= 4 is 21.5 Å². The summed E-state index contributed by atoms with van der Waals surface area (Å²) in [5.41, 5.74) is 5.40. The smallest absolute Gasteiger partial charge is 0.340 e. The van der Waals surface area contributed by atoms with Crippen LogP contribution in [-0.4, -0.2) is 27.8 Å². The number of hydrogen-bond acceptors (Lipinski definition) is 5. The molecule has 2 N–H and O–H groups in total. The molecule has 1 aromatic rings. The topological polar surface area (TPSA) is 86.5 Å². The molecule has 0 aliphatic heterocycles. The first-order valence-electron chi connectivity index (χ1n) is 4.58. The van der Waals surface area contributed by atoms with Crippen LogP contribution in [0.3, 0.4) is 0 Å². The van der Waals surface area contributed by atoms with Gasteiger partial charge in [-0.05, 0) is 17.7 Å². The Balaban J connectivity index is 3.33. The number of carbonyl (C=O) groups excluding carboxylic acids is 1. The molecule has 0 aliphatic rings. The van der Waals surface area contributed by atoms with Gasteiger partial charge in [0.05, 0.1) is 24.1 Å². The van der Waals surface area contributed by atoms with Crippen molar-refractivity contribution in [2.45, 2.75) is 5.75 Å². The molecule has 0 bridgehead atoms. The van der Waals surface area contributed by atoms with Crippen LogP contribution in [0.2, 0.25) is 0 Å². The van der Waals surface area contributed by atoms with E-state index < -0.39 is 27.4 Å². The molecule has 0 unspecified atom stereocenters. The Labute approximate surface area is 98.3 Å². The van der Waals surface area contributed by atoms with Crippen LogP contribution >= 0.6 is 0 Å². The fourth-order valence-corrected chi connectivity index (χ4v) is 2.16. The van der Waals surface area contributed by atoms with Crippen LogP contribution in [0.25, 0.3) is 0 Å². The van der Waals surface area contributed by atoms with E-state index in [0.29, 0.717) is 0 Å². The zero-order valence-electron chi connectivity index (χ0n) is 9.36. The van der Waals surface area contributed by atoms with Crippen molar-refractivity contribution in [2.75, 3.05) is 19.1 Å². The molecule has 0 saturated heterocycles. The fourth-order valence-electron chi connectivity index (χ4n) is 1.36. The lowest BCUT2D eigenvalue weighted by Crippen LogP contribution is -2.11. The quantitative estimate of drug-likeness (QED) is 0.640. The van der Waals surface area contributed by atoms with E-state index in [2.05, 4.69) is 4.74 Å². The molecule has 0 radical (unpaired) electrons. The second-order valence-corrected chi connectivity index (χ2v) is 5.73. The second kappa shape index (κ2) is 4.70. The van der Waals surface area contributed by atoms with Crippen molar-refractivity contribution in [1.82, 2.24) is 0 Å². The number of nitrogens with two attached hydrogens (primary N) is 1. The Bertz CT molecular complexity index is 554. The van der Waals surface area contributed by atoms with Gasteiger partial charge in [-0.2, -0.15) is 0 Å². The minimum Gasteiger partial charge on any atom is -0.465 e. The van der Waals surface area contributed by atoms with Gasteiger partial charge in [0.1, 0.15) is 5.82 Å². The Morgan fingerprint density at radius 1 is 1.47 bits per heavy atom. The summed E-state index contributed by atoms with van der Waals surface area (Å²) >= 11 is 0. The molecule has 1 rings (SSSR count). The maximum atomic E-state index is 13.2. The number of halogens is 1. The third kappa shape index (κ3) is 3.42. The number of hydrogen-bond donors (Lipinski definition) is 1. The Morgan fingerprint density at radius 3 is 2.53 bits per heavy atom. The first-order valence-corrected chi connectivity index (χ1v) is 6.64. The predicted molar refractivity (Wildman–Crippen MR) is 60.7 cm³/mol. The summed E-state index contributed by atoms with van der Waals surface area (Å²) in [5.74, 6) is -1.98. The zero-order valence-corrected chi connectivity index (χ0v) is 10.2.